The summed E-state index contributed by atoms with van der Waals surface area (Å²) in [5, 5.41) is 2.96. The molecular formula is C28H33N5O2. The Kier molecular flexibility index (Phi) is 7.41. The number of carbonyl (C=O) groups excluding carboxylic acids is 1. The molecule has 5 rings (SSSR count). The van der Waals surface area contributed by atoms with E-state index in [1.54, 1.807) is 0 Å². The van der Waals surface area contributed by atoms with Crippen LogP contribution >= 0.6 is 0 Å². The number of guanidine groups is 1. The van der Waals surface area contributed by atoms with E-state index in [1.165, 1.54) is 32.1 Å². The fraction of sp³-hybridized carbons (Fsp3) is 0.393. The molecule has 0 spiro atoms. The number of aryl methyl sites for hydroxylation is 1. The molecule has 1 fully saturated rings. The van der Waals surface area contributed by atoms with Crippen molar-refractivity contribution in [2.24, 2.45) is 4.99 Å². The first-order valence-corrected chi connectivity index (χ1v) is 12.7. The number of ether oxygens (including phenoxy) is 1. The number of amides is 1. The van der Waals surface area contributed by atoms with E-state index < -0.39 is 0 Å². The van der Waals surface area contributed by atoms with Crippen LogP contribution in [0.3, 0.4) is 0 Å². The predicted octanol–water partition coefficient (Wildman–Crippen LogP) is 4.85. The molecule has 0 bridgehead atoms. The highest BCUT2D eigenvalue weighted by molar-refractivity contribution is 6.07. The molecule has 0 radical (unpaired) electrons. The van der Waals surface area contributed by atoms with E-state index in [0.717, 1.165) is 42.1 Å². The Hall–Kier alpha value is -3.61. The summed E-state index contributed by atoms with van der Waals surface area (Å²) in [5.74, 6) is 1.54. The van der Waals surface area contributed by atoms with Gasteiger partial charge < -0.3 is 14.2 Å². The largest absolute Gasteiger partial charge is 0.494 e. The Bertz CT molecular complexity index is 1140. The van der Waals surface area contributed by atoms with Crippen LogP contribution in [0.1, 0.15) is 49.7 Å². The zero-order valence-corrected chi connectivity index (χ0v) is 20.1. The molecule has 1 unspecified atom stereocenters. The van der Waals surface area contributed by atoms with Gasteiger partial charge in [-0.1, -0.05) is 56.0 Å². The lowest BCUT2D eigenvalue weighted by Crippen LogP contribution is -2.38. The number of hydrogen-bond donors (Lipinski definition) is 1. The highest BCUT2D eigenvalue weighted by Gasteiger charge is 2.39. The zero-order valence-electron chi connectivity index (χ0n) is 20.1. The average Bonchev–Trinajstić information content (AvgIpc) is 3.50. The molecule has 2 aromatic carbocycles. The first-order valence-electron chi connectivity index (χ1n) is 12.7. The minimum absolute atomic E-state index is 0.0126. The van der Waals surface area contributed by atoms with Gasteiger partial charge in [0.25, 0.3) is 0 Å². The molecule has 1 aromatic heterocycles. The van der Waals surface area contributed by atoms with Gasteiger partial charge in [-0.05, 0) is 36.6 Å². The molecule has 3 heterocycles. The van der Waals surface area contributed by atoms with Crippen molar-refractivity contribution in [3.05, 3.63) is 78.4 Å². The van der Waals surface area contributed by atoms with E-state index in [-0.39, 0.29) is 11.9 Å². The number of aliphatic imine (C=N–C) groups is 1. The number of imidazole rings is 1. The van der Waals surface area contributed by atoms with Crippen molar-refractivity contribution in [2.45, 2.75) is 64.1 Å². The monoisotopic (exact) mass is 471 g/mol. The van der Waals surface area contributed by atoms with Crippen LogP contribution < -0.4 is 10.1 Å². The molecule has 7 nitrogen and oxygen atoms in total. The average molecular weight is 472 g/mol. The second-order valence-electron chi connectivity index (χ2n) is 9.32. The first kappa shape index (κ1) is 23.1. The number of carbonyl (C=O) groups is 1. The standard InChI is InChI=1S/C28H33N5O2/c34-27-26(18-22-10-6-5-7-11-22)33-20-23-19-24(12-13-25(23)30-28(33)31-27)35-17-9-4-2-1-3-8-15-32-16-14-29-21-32/h5-7,10-14,16,19,21,26H,1-4,8-9,15,17-18,20H2,(H,30,31,34). The van der Waals surface area contributed by atoms with Gasteiger partial charge in [-0.2, -0.15) is 0 Å². The molecule has 35 heavy (non-hydrogen) atoms. The molecule has 2 aliphatic heterocycles. The molecule has 0 saturated carbocycles. The summed E-state index contributed by atoms with van der Waals surface area (Å²) in [6.07, 6.45) is 13.6. The van der Waals surface area contributed by atoms with Crippen LogP contribution in [0.2, 0.25) is 0 Å². The van der Waals surface area contributed by atoms with Crippen LogP contribution in [0.4, 0.5) is 5.69 Å². The number of nitrogens with one attached hydrogen (secondary N) is 1. The fourth-order valence-corrected chi connectivity index (χ4v) is 4.77. The predicted molar refractivity (Wildman–Crippen MR) is 137 cm³/mol. The van der Waals surface area contributed by atoms with Gasteiger partial charge in [0.2, 0.25) is 11.9 Å². The highest BCUT2D eigenvalue weighted by Crippen LogP contribution is 2.32. The second-order valence-corrected chi connectivity index (χ2v) is 9.32. The third-order valence-corrected chi connectivity index (χ3v) is 6.71. The molecule has 1 amide bonds. The Morgan fingerprint density at radius 3 is 2.66 bits per heavy atom. The lowest BCUT2D eigenvalue weighted by molar-refractivity contribution is -0.121. The van der Waals surface area contributed by atoms with Crippen molar-refractivity contribution in [3.8, 4) is 5.75 Å². The second kappa shape index (κ2) is 11.2. The van der Waals surface area contributed by atoms with E-state index in [9.17, 15) is 4.79 Å². The summed E-state index contributed by atoms with van der Waals surface area (Å²) >= 11 is 0. The minimum Gasteiger partial charge on any atom is -0.494 e. The zero-order chi connectivity index (χ0) is 23.9. The number of rotatable bonds is 12. The summed E-state index contributed by atoms with van der Waals surface area (Å²) in [4.78, 5) is 23.5. The van der Waals surface area contributed by atoms with Crippen molar-refractivity contribution in [1.82, 2.24) is 19.8 Å². The number of aromatic nitrogens is 2. The molecule has 2 aliphatic rings. The van der Waals surface area contributed by atoms with E-state index in [1.807, 2.05) is 49.1 Å². The Morgan fingerprint density at radius 1 is 1.00 bits per heavy atom. The summed E-state index contributed by atoms with van der Waals surface area (Å²) in [5.41, 5.74) is 3.15. The summed E-state index contributed by atoms with van der Waals surface area (Å²) in [6, 6.07) is 15.9. The lowest BCUT2D eigenvalue weighted by atomic mass is 10.0. The lowest BCUT2D eigenvalue weighted by Gasteiger charge is -2.28. The van der Waals surface area contributed by atoms with Crippen LogP contribution in [0.5, 0.6) is 5.75 Å². The number of unbranched alkanes of at least 4 members (excludes halogenated alkanes) is 5. The van der Waals surface area contributed by atoms with Crippen LogP contribution in [0.15, 0.2) is 72.2 Å². The van der Waals surface area contributed by atoms with Crippen LogP contribution in [0.25, 0.3) is 0 Å². The van der Waals surface area contributed by atoms with Gasteiger partial charge in [0.15, 0.2) is 0 Å². The normalized spacial score (nSPS) is 16.5. The summed E-state index contributed by atoms with van der Waals surface area (Å²) in [6.45, 7) is 2.44. The van der Waals surface area contributed by atoms with E-state index in [0.29, 0.717) is 18.9 Å². The molecule has 1 atom stereocenters. The number of fused-ring (bicyclic) bond motifs is 2. The van der Waals surface area contributed by atoms with Gasteiger partial charge in [0, 0.05) is 37.5 Å². The summed E-state index contributed by atoms with van der Waals surface area (Å²) < 4.78 is 8.18. The Balaban J connectivity index is 1.06. The maximum Gasteiger partial charge on any atom is 0.249 e. The van der Waals surface area contributed by atoms with Gasteiger partial charge in [-0.15, -0.1) is 0 Å². The van der Waals surface area contributed by atoms with E-state index >= 15 is 0 Å². The van der Waals surface area contributed by atoms with Crippen molar-refractivity contribution in [3.63, 3.8) is 0 Å². The van der Waals surface area contributed by atoms with Crippen molar-refractivity contribution >= 4 is 17.6 Å². The topological polar surface area (TPSA) is 71.7 Å². The van der Waals surface area contributed by atoms with Gasteiger partial charge in [0.1, 0.15) is 11.8 Å². The van der Waals surface area contributed by atoms with E-state index in [2.05, 4.69) is 38.0 Å². The minimum atomic E-state index is -0.242. The van der Waals surface area contributed by atoms with Crippen LogP contribution in [0, 0.1) is 0 Å². The quantitative estimate of drug-likeness (QED) is 0.384. The van der Waals surface area contributed by atoms with Gasteiger partial charge in [-0.3, -0.25) is 10.1 Å². The van der Waals surface area contributed by atoms with Crippen molar-refractivity contribution in [2.75, 3.05) is 6.61 Å². The fourth-order valence-electron chi connectivity index (χ4n) is 4.77. The summed E-state index contributed by atoms with van der Waals surface area (Å²) in [7, 11) is 0. The number of hydrogen-bond acceptors (Lipinski definition) is 5. The number of benzene rings is 2. The third-order valence-electron chi connectivity index (χ3n) is 6.71. The third kappa shape index (κ3) is 5.91. The highest BCUT2D eigenvalue weighted by atomic mass is 16.5. The molecule has 0 aliphatic carbocycles. The number of nitrogens with zero attached hydrogens (tertiary/aromatic N) is 4. The SMILES string of the molecule is O=C1NC2=Nc3ccc(OCCCCCCCCn4ccnc4)cc3CN2C1Cc1ccccc1. The molecular weight excluding hydrogens is 438 g/mol. The maximum atomic E-state index is 12.6. The van der Waals surface area contributed by atoms with Gasteiger partial charge in [-0.25, -0.2) is 9.98 Å². The van der Waals surface area contributed by atoms with Crippen molar-refractivity contribution in [1.29, 1.82) is 0 Å². The van der Waals surface area contributed by atoms with Crippen LogP contribution in [-0.2, 0) is 24.3 Å². The van der Waals surface area contributed by atoms with Crippen molar-refractivity contribution < 1.29 is 9.53 Å². The smallest absolute Gasteiger partial charge is 0.249 e. The molecule has 3 aromatic rings. The molecule has 1 saturated heterocycles. The Labute approximate surface area is 206 Å². The first-order chi connectivity index (χ1) is 17.3. The van der Waals surface area contributed by atoms with Gasteiger partial charge >= 0.3 is 0 Å². The Morgan fingerprint density at radius 2 is 1.83 bits per heavy atom. The molecule has 7 heteroatoms. The van der Waals surface area contributed by atoms with E-state index in [4.69, 9.17) is 9.73 Å². The maximum absolute atomic E-state index is 12.6. The molecule has 182 valence electrons. The molecule has 1 N–H and O–H groups in total. The van der Waals surface area contributed by atoms with Gasteiger partial charge in [0.05, 0.1) is 18.6 Å². The van der Waals surface area contributed by atoms with Crippen LogP contribution in [-0.4, -0.2) is 39.0 Å².